The molecule has 0 N–H and O–H groups in total. The van der Waals surface area contributed by atoms with Crippen LogP contribution in [0.3, 0.4) is 0 Å². The molecule has 2 aromatic rings. The lowest BCUT2D eigenvalue weighted by atomic mass is 10.1. The summed E-state index contributed by atoms with van der Waals surface area (Å²) in [6, 6.07) is 1.87. The van der Waals surface area contributed by atoms with Crippen LogP contribution in [0.4, 0.5) is 0 Å². The summed E-state index contributed by atoms with van der Waals surface area (Å²) in [4.78, 5) is 16.5. The Labute approximate surface area is 142 Å². The normalized spacial score (nSPS) is 17.8. The van der Waals surface area contributed by atoms with E-state index in [4.69, 9.17) is 0 Å². The average molecular weight is 331 g/mol. The molecule has 0 aromatic carbocycles. The molecule has 0 spiro atoms. The van der Waals surface area contributed by atoms with Gasteiger partial charge in [0.15, 0.2) is 0 Å². The van der Waals surface area contributed by atoms with Gasteiger partial charge in [0.2, 0.25) is 5.91 Å². The largest absolute Gasteiger partial charge is 0.347 e. The second-order valence-electron chi connectivity index (χ2n) is 6.64. The van der Waals surface area contributed by atoms with E-state index in [2.05, 4.69) is 33.2 Å². The van der Waals surface area contributed by atoms with Crippen LogP contribution in [0.25, 0.3) is 0 Å². The molecule has 1 unspecified atom stereocenters. The Morgan fingerprint density at radius 2 is 2.00 bits per heavy atom. The molecule has 0 saturated heterocycles. The van der Waals surface area contributed by atoms with Gasteiger partial charge in [-0.3, -0.25) is 14.4 Å². The van der Waals surface area contributed by atoms with Crippen molar-refractivity contribution in [2.45, 2.75) is 46.4 Å². The number of carbonyl (C=O) groups excluding carboxylic acids is 1. The van der Waals surface area contributed by atoms with Crippen LogP contribution < -0.4 is 0 Å². The van der Waals surface area contributed by atoms with Gasteiger partial charge in [-0.25, -0.2) is 0 Å². The van der Waals surface area contributed by atoms with E-state index in [1.807, 2.05) is 23.1 Å². The summed E-state index contributed by atoms with van der Waals surface area (Å²) in [6.45, 7) is 8.71. The number of carbonyl (C=O) groups is 1. The van der Waals surface area contributed by atoms with Crippen LogP contribution >= 0.6 is 0 Å². The van der Waals surface area contributed by atoms with E-state index in [0.717, 1.165) is 36.1 Å². The third kappa shape index (κ3) is 3.06. The molecule has 0 radical (unpaired) electrons. The molecule has 8 nitrogen and oxygen atoms in total. The van der Waals surface area contributed by atoms with E-state index >= 15 is 0 Å². The zero-order chi connectivity index (χ0) is 17.4. The molecule has 3 heterocycles. The highest BCUT2D eigenvalue weighted by molar-refractivity contribution is 5.81. The second-order valence-corrected chi connectivity index (χ2v) is 6.64. The van der Waals surface area contributed by atoms with E-state index in [0.29, 0.717) is 13.1 Å². The molecule has 0 bridgehead atoms. The van der Waals surface area contributed by atoms with Gasteiger partial charge in [0.25, 0.3) is 0 Å². The quantitative estimate of drug-likeness (QED) is 0.809. The van der Waals surface area contributed by atoms with Gasteiger partial charge >= 0.3 is 0 Å². The summed E-state index contributed by atoms with van der Waals surface area (Å²) in [6.07, 6.45) is 0. The van der Waals surface area contributed by atoms with Crippen molar-refractivity contribution in [2.24, 2.45) is 0 Å². The number of likely N-dealkylation sites (N-methyl/N-ethyl adjacent to an activating group) is 1. The third-order valence-electron chi connectivity index (χ3n) is 4.58. The fraction of sp³-hybridized carbons (Fsp3) is 0.625. The Bertz CT molecular complexity index is 746. The van der Waals surface area contributed by atoms with E-state index in [1.54, 1.807) is 19.0 Å². The molecule has 8 heteroatoms. The molecule has 1 amide bonds. The zero-order valence-corrected chi connectivity index (χ0v) is 15.0. The maximum absolute atomic E-state index is 12.6. The first-order chi connectivity index (χ1) is 11.4. The van der Waals surface area contributed by atoms with Crippen molar-refractivity contribution in [1.29, 1.82) is 0 Å². The van der Waals surface area contributed by atoms with Gasteiger partial charge < -0.3 is 9.47 Å². The Morgan fingerprint density at radius 1 is 1.25 bits per heavy atom. The zero-order valence-electron chi connectivity index (χ0n) is 15.0. The van der Waals surface area contributed by atoms with Gasteiger partial charge in [0.1, 0.15) is 17.7 Å². The van der Waals surface area contributed by atoms with Crippen LogP contribution in [-0.2, 0) is 24.4 Å². The number of fused-ring (bicyclic) bond motifs is 1. The lowest BCUT2D eigenvalue weighted by molar-refractivity contribution is -0.136. The Balaban J connectivity index is 1.80. The minimum absolute atomic E-state index is 0.113. The molecule has 3 rings (SSSR count). The van der Waals surface area contributed by atoms with Crippen LogP contribution in [0.15, 0.2) is 6.07 Å². The van der Waals surface area contributed by atoms with Gasteiger partial charge in [-0.1, -0.05) is 0 Å². The molecule has 0 saturated carbocycles. The Hall–Kier alpha value is -2.22. The van der Waals surface area contributed by atoms with Gasteiger partial charge in [-0.15, -0.1) is 10.2 Å². The topological polar surface area (TPSA) is 72.1 Å². The Morgan fingerprint density at radius 3 is 2.62 bits per heavy atom. The van der Waals surface area contributed by atoms with Crippen LogP contribution in [0.5, 0.6) is 0 Å². The first-order valence-electron chi connectivity index (χ1n) is 8.21. The maximum atomic E-state index is 12.6. The van der Waals surface area contributed by atoms with Crippen LogP contribution in [0, 0.1) is 20.8 Å². The molecule has 130 valence electrons. The number of hydrogen-bond acceptors (Lipinski definition) is 5. The van der Waals surface area contributed by atoms with E-state index in [1.165, 1.54) is 0 Å². The lowest BCUT2D eigenvalue weighted by Crippen LogP contribution is -2.52. The highest BCUT2D eigenvalue weighted by atomic mass is 16.2. The van der Waals surface area contributed by atoms with E-state index in [-0.39, 0.29) is 11.9 Å². The van der Waals surface area contributed by atoms with Gasteiger partial charge in [-0.05, 0) is 26.8 Å². The van der Waals surface area contributed by atoms with Gasteiger partial charge in [-0.2, -0.15) is 5.10 Å². The van der Waals surface area contributed by atoms with Crippen molar-refractivity contribution in [3.63, 3.8) is 0 Å². The molecule has 1 aliphatic heterocycles. The molecular weight excluding hydrogens is 306 g/mol. The molecule has 24 heavy (non-hydrogen) atoms. The molecule has 1 aliphatic rings. The van der Waals surface area contributed by atoms with Crippen molar-refractivity contribution >= 4 is 5.91 Å². The summed E-state index contributed by atoms with van der Waals surface area (Å²) >= 11 is 0. The number of rotatable bonds is 4. The third-order valence-corrected chi connectivity index (χ3v) is 4.58. The van der Waals surface area contributed by atoms with Crippen molar-refractivity contribution in [1.82, 2.24) is 34.3 Å². The monoisotopic (exact) mass is 331 g/mol. The van der Waals surface area contributed by atoms with E-state index in [9.17, 15) is 4.79 Å². The standard InChI is InChI=1S/C16H25N7O/c1-11-8-12(2)23(19-11)7-6-21-10-15-18-17-13(3)22(15)9-14(21)16(24)20(4)5/h8,14H,6-7,9-10H2,1-5H3. The fourth-order valence-corrected chi connectivity index (χ4v) is 3.25. The minimum atomic E-state index is -0.195. The first kappa shape index (κ1) is 16.6. The van der Waals surface area contributed by atoms with E-state index < -0.39 is 0 Å². The number of nitrogens with zero attached hydrogens (tertiary/aromatic N) is 7. The summed E-state index contributed by atoms with van der Waals surface area (Å²) < 4.78 is 4.04. The minimum Gasteiger partial charge on any atom is -0.347 e. The number of amides is 1. The molecule has 1 atom stereocenters. The molecule has 2 aromatic heterocycles. The SMILES string of the molecule is Cc1cc(C)n(CCN2Cc3nnc(C)n3CC2C(=O)N(C)C)n1. The predicted molar refractivity (Wildman–Crippen MR) is 89.4 cm³/mol. The van der Waals surface area contributed by atoms with Crippen molar-refractivity contribution < 1.29 is 4.79 Å². The van der Waals surface area contributed by atoms with Crippen LogP contribution in [-0.4, -0.2) is 66.9 Å². The number of aromatic nitrogens is 5. The summed E-state index contributed by atoms with van der Waals surface area (Å²) in [5.41, 5.74) is 2.15. The van der Waals surface area contributed by atoms with Gasteiger partial charge in [0.05, 0.1) is 25.3 Å². The van der Waals surface area contributed by atoms with Gasteiger partial charge in [0, 0.05) is 26.3 Å². The highest BCUT2D eigenvalue weighted by Crippen LogP contribution is 2.19. The van der Waals surface area contributed by atoms with Crippen molar-refractivity contribution in [2.75, 3.05) is 20.6 Å². The number of hydrogen-bond donors (Lipinski definition) is 0. The van der Waals surface area contributed by atoms with Crippen LogP contribution in [0.2, 0.25) is 0 Å². The van der Waals surface area contributed by atoms with Crippen molar-refractivity contribution in [3.05, 3.63) is 29.1 Å². The second kappa shape index (κ2) is 6.35. The summed E-state index contributed by atoms with van der Waals surface area (Å²) in [5, 5.41) is 12.9. The molecule has 0 aliphatic carbocycles. The summed E-state index contributed by atoms with van der Waals surface area (Å²) in [7, 11) is 3.60. The van der Waals surface area contributed by atoms with Crippen LogP contribution in [0.1, 0.15) is 23.0 Å². The lowest BCUT2D eigenvalue weighted by Gasteiger charge is -2.36. The fourth-order valence-electron chi connectivity index (χ4n) is 3.25. The highest BCUT2D eigenvalue weighted by Gasteiger charge is 2.34. The van der Waals surface area contributed by atoms with Crippen molar-refractivity contribution in [3.8, 4) is 0 Å². The number of aryl methyl sites for hydroxylation is 3. The first-order valence-corrected chi connectivity index (χ1v) is 8.21. The smallest absolute Gasteiger partial charge is 0.241 e. The Kier molecular flexibility index (Phi) is 4.40. The predicted octanol–water partition coefficient (Wildman–Crippen LogP) is 0.372. The molecular formula is C16H25N7O. The molecule has 0 fully saturated rings. The average Bonchev–Trinajstić information content (AvgIpc) is 3.05. The summed E-state index contributed by atoms with van der Waals surface area (Å²) in [5.74, 6) is 1.89. The maximum Gasteiger partial charge on any atom is 0.241 e.